The minimum Gasteiger partial charge on any atom is -0.480 e. The van der Waals surface area contributed by atoms with Crippen molar-refractivity contribution in [2.24, 2.45) is 0 Å². The smallest absolute Gasteiger partial charge is 0.329 e. The molecule has 1 aromatic carbocycles. The lowest BCUT2D eigenvalue weighted by atomic mass is 9.99. The SMILES string of the molecule is Cc1ccc(N2CCC(N[C@@H]3CCOC[C@H]3OCC(=O)O)CC2)cc1. The van der Waals surface area contributed by atoms with E-state index in [-0.39, 0.29) is 18.8 Å². The fourth-order valence-electron chi connectivity index (χ4n) is 3.61. The molecule has 0 amide bonds. The predicted octanol–water partition coefficient (Wildman–Crippen LogP) is 1.81. The molecule has 0 aromatic heterocycles. The molecule has 2 fully saturated rings. The van der Waals surface area contributed by atoms with Crippen LogP contribution in [0.5, 0.6) is 0 Å². The lowest BCUT2D eigenvalue weighted by Gasteiger charge is -2.39. The zero-order valence-corrected chi connectivity index (χ0v) is 14.8. The second kappa shape index (κ2) is 8.65. The summed E-state index contributed by atoms with van der Waals surface area (Å²) in [7, 11) is 0. The van der Waals surface area contributed by atoms with Crippen LogP contribution in [0, 0.1) is 6.92 Å². The molecule has 2 saturated heterocycles. The summed E-state index contributed by atoms with van der Waals surface area (Å²) in [5, 5.41) is 12.5. The Morgan fingerprint density at radius 3 is 2.68 bits per heavy atom. The van der Waals surface area contributed by atoms with Gasteiger partial charge < -0.3 is 24.8 Å². The van der Waals surface area contributed by atoms with E-state index in [2.05, 4.69) is 41.4 Å². The monoisotopic (exact) mass is 348 g/mol. The number of rotatable bonds is 6. The molecule has 2 heterocycles. The summed E-state index contributed by atoms with van der Waals surface area (Å²) in [5.74, 6) is -0.935. The van der Waals surface area contributed by atoms with Crippen LogP contribution in [-0.4, -0.2) is 62.2 Å². The summed E-state index contributed by atoms with van der Waals surface area (Å²) in [5.41, 5.74) is 2.57. The molecular weight excluding hydrogens is 320 g/mol. The molecule has 3 rings (SSSR count). The van der Waals surface area contributed by atoms with Crippen LogP contribution < -0.4 is 10.2 Å². The van der Waals surface area contributed by atoms with E-state index in [0.717, 1.165) is 32.4 Å². The van der Waals surface area contributed by atoms with Crippen LogP contribution in [0.3, 0.4) is 0 Å². The Balaban J connectivity index is 1.48. The molecule has 25 heavy (non-hydrogen) atoms. The van der Waals surface area contributed by atoms with Crippen molar-refractivity contribution in [3.05, 3.63) is 29.8 Å². The molecule has 0 unspecified atom stereocenters. The lowest BCUT2D eigenvalue weighted by Crippen LogP contribution is -2.54. The van der Waals surface area contributed by atoms with Crippen molar-refractivity contribution in [2.75, 3.05) is 37.8 Å². The molecule has 0 spiro atoms. The molecule has 0 aliphatic carbocycles. The number of hydrogen-bond acceptors (Lipinski definition) is 5. The third kappa shape index (κ3) is 5.17. The maximum atomic E-state index is 10.7. The quantitative estimate of drug-likeness (QED) is 0.817. The minimum absolute atomic E-state index is 0.170. The maximum Gasteiger partial charge on any atom is 0.329 e. The van der Waals surface area contributed by atoms with Gasteiger partial charge in [-0.25, -0.2) is 4.79 Å². The number of benzene rings is 1. The lowest BCUT2D eigenvalue weighted by molar-refractivity contribution is -0.148. The van der Waals surface area contributed by atoms with Crippen molar-refractivity contribution >= 4 is 11.7 Å². The van der Waals surface area contributed by atoms with Gasteiger partial charge in [-0.1, -0.05) is 17.7 Å². The number of carboxylic acids is 1. The maximum absolute atomic E-state index is 10.7. The summed E-state index contributed by atoms with van der Waals surface area (Å²) >= 11 is 0. The summed E-state index contributed by atoms with van der Waals surface area (Å²) in [6.45, 7) is 5.07. The highest BCUT2D eigenvalue weighted by Gasteiger charge is 2.30. The topological polar surface area (TPSA) is 71.0 Å². The first-order valence-corrected chi connectivity index (χ1v) is 9.10. The van der Waals surface area contributed by atoms with Gasteiger partial charge in [0.15, 0.2) is 0 Å². The Hall–Kier alpha value is -1.63. The van der Waals surface area contributed by atoms with Gasteiger partial charge in [-0.15, -0.1) is 0 Å². The van der Waals surface area contributed by atoms with Crippen molar-refractivity contribution < 1.29 is 19.4 Å². The molecule has 6 heteroatoms. The molecule has 2 N–H and O–H groups in total. The Kier molecular flexibility index (Phi) is 6.29. The molecule has 1 aromatic rings. The van der Waals surface area contributed by atoms with Crippen LogP contribution in [0.1, 0.15) is 24.8 Å². The van der Waals surface area contributed by atoms with Crippen molar-refractivity contribution in [3.8, 4) is 0 Å². The number of ether oxygens (including phenoxy) is 2. The highest BCUT2D eigenvalue weighted by Crippen LogP contribution is 2.22. The Morgan fingerprint density at radius 2 is 2.00 bits per heavy atom. The van der Waals surface area contributed by atoms with E-state index < -0.39 is 5.97 Å². The number of hydrogen-bond donors (Lipinski definition) is 2. The standard InChI is InChI=1S/C19H28N2O4/c1-14-2-4-16(5-3-14)21-9-6-15(7-10-21)20-17-8-11-24-12-18(17)25-13-19(22)23/h2-5,15,17-18,20H,6-13H2,1H3,(H,22,23)/t17-,18-/m1/s1. The van der Waals surface area contributed by atoms with Gasteiger partial charge in [0.05, 0.1) is 12.7 Å². The average molecular weight is 348 g/mol. The molecule has 6 nitrogen and oxygen atoms in total. The zero-order chi connectivity index (χ0) is 17.6. The fraction of sp³-hybridized carbons (Fsp3) is 0.632. The summed E-state index contributed by atoms with van der Waals surface area (Å²) < 4.78 is 11.0. The van der Waals surface area contributed by atoms with Crippen molar-refractivity contribution in [2.45, 2.75) is 44.4 Å². The van der Waals surface area contributed by atoms with E-state index >= 15 is 0 Å². The first-order chi connectivity index (χ1) is 12.1. The first kappa shape index (κ1) is 18.2. The van der Waals surface area contributed by atoms with Crippen molar-refractivity contribution in [3.63, 3.8) is 0 Å². The fourth-order valence-corrected chi connectivity index (χ4v) is 3.61. The molecule has 2 aliphatic heterocycles. The summed E-state index contributed by atoms with van der Waals surface area (Å²) in [6, 6.07) is 9.32. The van der Waals surface area contributed by atoms with Crippen LogP contribution >= 0.6 is 0 Å². The molecule has 0 saturated carbocycles. The van der Waals surface area contributed by atoms with Gasteiger partial charge in [-0.3, -0.25) is 0 Å². The molecule has 0 radical (unpaired) electrons. The van der Waals surface area contributed by atoms with Crippen LogP contribution in [0.15, 0.2) is 24.3 Å². The first-order valence-electron chi connectivity index (χ1n) is 9.10. The van der Waals surface area contributed by atoms with E-state index in [9.17, 15) is 4.79 Å². The Morgan fingerprint density at radius 1 is 1.28 bits per heavy atom. The van der Waals surface area contributed by atoms with E-state index in [1.54, 1.807) is 0 Å². The van der Waals surface area contributed by atoms with Gasteiger partial charge in [0.1, 0.15) is 6.61 Å². The highest BCUT2D eigenvalue weighted by molar-refractivity contribution is 5.68. The van der Waals surface area contributed by atoms with Crippen molar-refractivity contribution in [1.29, 1.82) is 0 Å². The number of aryl methyl sites for hydroxylation is 1. The second-order valence-corrected chi connectivity index (χ2v) is 6.98. The zero-order valence-electron chi connectivity index (χ0n) is 14.8. The number of anilines is 1. The predicted molar refractivity (Wildman–Crippen MR) is 96.1 cm³/mol. The highest BCUT2D eigenvalue weighted by atomic mass is 16.5. The Bertz CT molecular complexity index is 555. The van der Waals surface area contributed by atoms with Gasteiger partial charge in [-0.2, -0.15) is 0 Å². The van der Waals surface area contributed by atoms with Crippen LogP contribution in [0.2, 0.25) is 0 Å². The minimum atomic E-state index is -0.935. The average Bonchev–Trinajstić information content (AvgIpc) is 2.62. The van der Waals surface area contributed by atoms with Crippen LogP contribution in [-0.2, 0) is 14.3 Å². The van der Waals surface area contributed by atoms with Crippen LogP contribution in [0.25, 0.3) is 0 Å². The number of carboxylic acid groups (broad SMARTS) is 1. The van der Waals surface area contributed by atoms with E-state index in [4.69, 9.17) is 14.6 Å². The molecule has 138 valence electrons. The third-order valence-corrected chi connectivity index (χ3v) is 5.07. The van der Waals surface area contributed by atoms with Gasteiger partial charge in [0.25, 0.3) is 0 Å². The van der Waals surface area contributed by atoms with Gasteiger partial charge in [0.2, 0.25) is 0 Å². The number of aliphatic carboxylic acids is 1. The van der Waals surface area contributed by atoms with Gasteiger partial charge in [0, 0.05) is 37.5 Å². The molecule has 0 bridgehead atoms. The van der Waals surface area contributed by atoms with Gasteiger partial charge in [-0.05, 0) is 38.3 Å². The Labute approximate surface area is 149 Å². The summed E-state index contributed by atoms with van der Waals surface area (Å²) in [4.78, 5) is 13.2. The van der Waals surface area contributed by atoms with E-state index in [1.807, 2.05) is 0 Å². The number of nitrogens with one attached hydrogen (secondary N) is 1. The van der Waals surface area contributed by atoms with Crippen LogP contribution in [0.4, 0.5) is 5.69 Å². The second-order valence-electron chi connectivity index (χ2n) is 6.98. The normalized spacial score (nSPS) is 25.1. The largest absolute Gasteiger partial charge is 0.480 e. The summed E-state index contributed by atoms with van der Waals surface area (Å²) in [6.07, 6.45) is 2.84. The van der Waals surface area contributed by atoms with E-state index in [0.29, 0.717) is 19.3 Å². The van der Waals surface area contributed by atoms with Crippen molar-refractivity contribution in [1.82, 2.24) is 5.32 Å². The van der Waals surface area contributed by atoms with Gasteiger partial charge >= 0.3 is 5.97 Å². The molecule has 2 aliphatic rings. The third-order valence-electron chi connectivity index (χ3n) is 5.07. The van der Waals surface area contributed by atoms with E-state index in [1.165, 1.54) is 11.3 Å². The molecule has 2 atom stereocenters. The molecular formula is C19H28N2O4. The number of carbonyl (C=O) groups is 1. The number of piperidine rings is 1. The number of nitrogens with zero attached hydrogens (tertiary/aromatic N) is 1.